The van der Waals surface area contributed by atoms with Crippen molar-refractivity contribution in [2.24, 2.45) is 0 Å². The molecule has 0 aliphatic carbocycles. The zero-order valence-electron chi connectivity index (χ0n) is 10.8. The molecule has 0 spiro atoms. The molecule has 4 nitrogen and oxygen atoms in total. The predicted molar refractivity (Wildman–Crippen MR) is 74.4 cm³/mol. The number of aliphatic hydroxyl groups excluding tert-OH is 2. The summed E-state index contributed by atoms with van der Waals surface area (Å²) in [6.07, 6.45) is -1.74. The maximum absolute atomic E-state index is 11.3. The number of aliphatic hydroxyl groups is 2. The van der Waals surface area contributed by atoms with Crippen LogP contribution in [-0.4, -0.2) is 34.0 Å². The number of rotatable bonds is 5. The Kier molecular flexibility index (Phi) is 4.17. The number of carboxylic acids is 1. The SMILES string of the molecule is O=C(O)[C@@H](O)C(CO)(c1ccccc1)c1ccccc1. The van der Waals surface area contributed by atoms with Crippen molar-refractivity contribution in [1.29, 1.82) is 0 Å². The summed E-state index contributed by atoms with van der Waals surface area (Å²) < 4.78 is 0. The summed E-state index contributed by atoms with van der Waals surface area (Å²) in [5.74, 6) is -1.37. The van der Waals surface area contributed by atoms with Gasteiger partial charge in [0.1, 0.15) is 0 Å². The van der Waals surface area contributed by atoms with Gasteiger partial charge in [-0.25, -0.2) is 4.79 Å². The van der Waals surface area contributed by atoms with Gasteiger partial charge in [-0.15, -0.1) is 0 Å². The fourth-order valence-corrected chi connectivity index (χ4v) is 2.43. The molecule has 1 atom stereocenters. The Morgan fingerprint density at radius 1 is 0.950 bits per heavy atom. The Bertz CT molecular complexity index is 526. The molecule has 2 rings (SSSR count). The van der Waals surface area contributed by atoms with Crippen LogP contribution in [0.5, 0.6) is 0 Å². The van der Waals surface area contributed by atoms with Crippen LogP contribution in [0, 0.1) is 0 Å². The molecule has 104 valence electrons. The van der Waals surface area contributed by atoms with Gasteiger partial charge in [0, 0.05) is 0 Å². The van der Waals surface area contributed by atoms with Gasteiger partial charge in [-0.3, -0.25) is 0 Å². The zero-order chi connectivity index (χ0) is 14.6. The lowest BCUT2D eigenvalue weighted by Crippen LogP contribution is -2.48. The second-order valence-electron chi connectivity index (χ2n) is 4.60. The first-order valence-electron chi connectivity index (χ1n) is 6.25. The van der Waals surface area contributed by atoms with Crippen LogP contribution in [0.1, 0.15) is 11.1 Å². The van der Waals surface area contributed by atoms with Crippen LogP contribution in [0.25, 0.3) is 0 Å². The van der Waals surface area contributed by atoms with Crippen LogP contribution in [-0.2, 0) is 10.2 Å². The van der Waals surface area contributed by atoms with Crippen molar-refractivity contribution >= 4 is 5.97 Å². The molecule has 2 aromatic rings. The molecule has 0 aliphatic heterocycles. The van der Waals surface area contributed by atoms with E-state index in [2.05, 4.69) is 0 Å². The lowest BCUT2D eigenvalue weighted by Gasteiger charge is -2.35. The number of aliphatic carboxylic acids is 1. The first-order valence-corrected chi connectivity index (χ1v) is 6.25. The van der Waals surface area contributed by atoms with E-state index in [1.165, 1.54) is 0 Å². The highest BCUT2D eigenvalue weighted by atomic mass is 16.4. The Morgan fingerprint density at radius 3 is 1.65 bits per heavy atom. The second kappa shape index (κ2) is 5.86. The van der Waals surface area contributed by atoms with Gasteiger partial charge in [-0.05, 0) is 11.1 Å². The first-order chi connectivity index (χ1) is 9.63. The first kappa shape index (κ1) is 14.2. The van der Waals surface area contributed by atoms with E-state index in [4.69, 9.17) is 0 Å². The largest absolute Gasteiger partial charge is 0.479 e. The van der Waals surface area contributed by atoms with Crippen molar-refractivity contribution in [3.8, 4) is 0 Å². The molecule has 0 saturated carbocycles. The summed E-state index contributed by atoms with van der Waals surface area (Å²) in [6.45, 7) is -0.505. The van der Waals surface area contributed by atoms with Gasteiger partial charge < -0.3 is 15.3 Å². The topological polar surface area (TPSA) is 77.8 Å². The Hall–Kier alpha value is -2.17. The van der Waals surface area contributed by atoms with Crippen molar-refractivity contribution in [1.82, 2.24) is 0 Å². The number of hydrogen-bond acceptors (Lipinski definition) is 3. The molecule has 0 bridgehead atoms. The predicted octanol–water partition coefficient (Wildman–Crippen LogP) is 1.41. The average molecular weight is 272 g/mol. The highest BCUT2D eigenvalue weighted by molar-refractivity contribution is 5.76. The van der Waals surface area contributed by atoms with Gasteiger partial charge in [0.2, 0.25) is 0 Å². The van der Waals surface area contributed by atoms with Gasteiger partial charge >= 0.3 is 5.97 Å². The molecule has 0 aliphatic rings. The highest BCUT2D eigenvalue weighted by Crippen LogP contribution is 2.35. The van der Waals surface area contributed by atoms with Crippen LogP contribution in [0.3, 0.4) is 0 Å². The summed E-state index contributed by atoms with van der Waals surface area (Å²) >= 11 is 0. The number of carbonyl (C=O) groups is 1. The Morgan fingerprint density at radius 2 is 1.35 bits per heavy atom. The van der Waals surface area contributed by atoms with Crippen molar-refractivity contribution in [2.45, 2.75) is 11.5 Å². The zero-order valence-corrected chi connectivity index (χ0v) is 10.8. The van der Waals surface area contributed by atoms with Crippen molar-refractivity contribution in [2.75, 3.05) is 6.61 Å². The fraction of sp³-hybridized carbons (Fsp3) is 0.188. The van der Waals surface area contributed by atoms with Crippen molar-refractivity contribution in [3.05, 3.63) is 71.8 Å². The fourth-order valence-electron chi connectivity index (χ4n) is 2.43. The maximum Gasteiger partial charge on any atom is 0.333 e. The van der Waals surface area contributed by atoms with Crippen LogP contribution in [0.2, 0.25) is 0 Å². The molecule has 20 heavy (non-hydrogen) atoms. The lowest BCUT2D eigenvalue weighted by molar-refractivity contribution is -0.151. The maximum atomic E-state index is 11.3. The molecule has 2 aromatic carbocycles. The van der Waals surface area contributed by atoms with Crippen molar-refractivity contribution in [3.63, 3.8) is 0 Å². The summed E-state index contributed by atoms with van der Waals surface area (Å²) in [5.41, 5.74) is -0.263. The van der Waals surface area contributed by atoms with E-state index in [9.17, 15) is 20.1 Å². The molecule has 3 N–H and O–H groups in total. The molecule has 0 amide bonds. The molecule has 0 radical (unpaired) electrons. The minimum Gasteiger partial charge on any atom is -0.479 e. The van der Waals surface area contributed by atoms with E-state index in [1.807, 2.05) is 0 Å². The van der Waals surface area contributed by atoms with Crippen LogP contribution >= 0.6 is 0 Å². The molecular weight excluding hydrogens is 256 g/mol. The quantitative estimate of drug-likeness (QED) is 0.769. The molecule has 0 unspecified atom stereocenters. The molecule has 0 aromatic heterocycles. The van der Waals surface area contributed by atoms with E-state index in [-0.39, 0.29) is 0 Å². The molecule has 0 fully saturated rings. The average Bonchev–Trinajstić information content (AvgIpc) is 2.50. The summed E-state index contributed by atoms with van der Waals surface area (Å²) in [7, 11) is 0. The number of carboxylic acid groups (broad SMARTS) is 1. The minimum absolute atomic E-state index is 0.505. The molecular formula is C16H16O4. The molecule has 0 saturated heterocycles. The van der Waals surface area contributed by atoms with Crippen LogP contribution in [0.15, 0.2) is 60.7 Å². The lowest BCUT2D eigenvalue weighted by atomic mass is 9.71. The standard InChI is InChI=1S/C16H16O4/c17-11-16(14(18)15(19)20,12-7-3-1-4-8-12)13-9-5-2-6-10-13/h1-10,14,17-18H,11H2,(H,19,20)/t14-/m1/s1. The van der Waals surface area contributed by atoms with Gasteiger partial charge in [-0.1, -0.05) is 60.7 Å². The van der Waals surface area contributed by atoms with Gasteiger partial charge in [0.15, 0.2) is 6.10 Å². The Labute approximate surface area is 116 Å². The highest BCUT2D eigenvalue weighted by Gasteiger charge is 2.44. The van der Waals surface area contributed by atoms with Crippen LogP contribution in [0.4, 0.5) is 0 Å². The van der Waals surface area contributed by atoms with Gasteiger partial charge in [0.05, 0.1) is 12.0 Å². The number of hydrogen-bond donors (Lipinski definition) is 3. The number of benzene rings is 2. The third-order valence-corrected chi connectivity index (χ3v) is 3.53. The smallest absolute Gasteiger partial charge is 0.333 e. The van der Waals surface area contributed by atoms with E-state index in [1.54, 1.807) is 60.7 Å². The van der Waals surface area contributed by atoms with E-state index < -0.39 is 24.1 Å². The van der Waals surface area contributed by atoms with E-state index >= 15 is 0 Å². The van der Waals surface area contributed by atoms with Gasteiger partial charge in [-0.2, -0.15) is 0 Å². The normalized spacial score (nSPS) is 12.9. The van der Waals surface area contributed by atoms with Gasteiger partial charge in [0.25, 0.3) is 0 Å². The summed E-state index contributed by atoms with van der Waals surface area (Å²) in [4.78, 5) is 11.3. The van der Waals surface area contributed by atoms with Crippen molar-refractivity contribution < 1.29 is 20.1 Å². The summed E-state index contributed by atoms with van der Waals surface area (Å²) in [5, 5.41) is 29.3. The van der Waals surface area contributed by atoms with E-state index in [0.29, 0.717) is 11.1 Å². The monoisotopic (exact) mass is 272 g/mol. The third kappa shape index (κ3) is 2.31. The second-order valence-corrected chi connectivity index (χ2v) is 4.60. The Balaban J connectivity index is 2.68. The van der Waals surface area contributed by atoms with E-state index in [0.717, 1.165) is 0 Å². The molecule has 0 heterocycles. The minimum atomic E-state index is -1.74. The summed E-state index contributed by atoms with van der Waals surface area (Å²) in [6, 6.07) is 17.4. The van der Waals surface area contributed by atoms with Crippen LogP contribution < -0.4 is 0 Å². The third-order valence-electron chi connectivity index (χ3n) is 3.53. The molecule has 4 heteroatoms.